The third-order valence-electron chi connectivity index (χ3n) is 16.9. The van der Waals surface area contributed by atoms with Crippen LogP contribution < -0.4 is 69.1 Å². The number of carbonyl (C=O) groups is 17. The maximum absolute atomic E-state index is 15.0. The molecule has 0 radical (unpaired) electrons. The van der Waals surface area contributed by atoms with Crippen molar-refractivity contribution < 1.29 is 102 Å². The molecule has 0 unspecified atom stereocenters. The Bertz CT molecular complexity index is 3940. The van der Waals surface area contributed by atoms with E-state index in [0.29, 0.717) is 32.9 Å². The van der Waals surface area contributed by atoms with Gasteiger partial charge >= 0.3 is 17.9 Å². The van der Waals surface area contributed by atoms with Crippen LogP contribution in [0.3, 0.4) is 0 Å². The number of nitrogens with one attached hydrogen (secondary N) is 15. The summed E-state index contributed by atoms with van der Waals surface area (Å²) in [7, 11) is 1.46. The van der Waals surface area contributed by atoms with Gasteiger partial charge in [-0.3, -0.25) is 76.7 Å². The molecule has 0 aliphatic carbocycles. The molecular weight excluding hydrogens is 1450 g/mol. The normalized spacial score (nSPS) is 23.0. The lowest BCUT2D eigenvalue weighted by molar-refractivity contribution is -0.145. The zero-order chi connectivity index (χ0) is 80.4. The minimum atomic E-state index is -1.98. The second-order valence-corrected chi connectivity index (χ2v) is 30.0. The van der Waals surface area contributed by atoms with Crippen LogP contribution >= 0.6 is 21.6 Å². The molecule has 1 aliphatic heterocycles. The summed E-state index contributed by atoms with van der Waals surface area (Å²) >= 11 is 0. The number of H-pyrrole nitrogens is 2. The Balaban J connectivity index is 1.66. The Hall–Kier alpha value is -10.6. The molecule has 19 N–H and O–H groups in total. The summed E-state index contributed by atoms with van der Waals surface area (Å²) in [6.45, 7) is 13.3. The first-order chi connectivity index (χ1) is 50.8. The molecule has 1 saturated heterocycles. The highest BCUT2D eigenvalue weighted by molar-refractivity contribution is 8.76. The molecule has 590 valence electrons. The number of aromatic nitrogens is 2. The summed E-state index contributed by atoms with van der Waals surface area (Å²) in [4.78, 5) is 241. The lowest BCUT2D eigenvalue weighted by Gasteiger charge is -2.29. The lowest BCUT2D eigenvalue weighted by atomic mass is 9.98. The maximum Gasteiger partial charge on any atom is 0.328 e. The van der Waals surface area contributed by atoms with Gasteiger partial charge in [0, 0.05) is 78.3 Å². The van der Waals surface area contributed by atoms with E-state index in [9.17, 15) is 97.1 Å². The van der Waals surface area contributed by atoms with Crippen LogP contribution in [0.5, 0.6) is 0 Å². The molecule has 1 fully saturated rings. The van der Waals surface area contributed by atoms with E-state index in [1.165, 1.54) is 6.92 Å². The number of aliphatic hydroxyl groups excluding tert-OH is 1. The van der Waals surface area contributed by atoms with Gasteiger partial charge in [0.1, 0.15) is 72.2 Å². The van der Waals surface area contributed by atoms with E-state index in [4.69, 9.17) is 0 Å². The molecule has 0 saturated carbocycles. The van der Waals surface area contributed by atoms with Crippen molar-refractivity contribution in [1.82, 2.24) is 79.1 Å². The number of aromatic amines is 2. The Morgan fingerprint density at radius 1 is 0.537 bits per heavy atom. The van der Waals surface area contributed by atoms with Crippen LogP contribution in [0.1, 0.15) is 119 Å². The SMILES string of the molecule is CC(=O)C[C@@H]1NC(=O)[C@H](Cc2c[nH]c3ccccc23)NC(=O)[C@H](C)NC(=O)[C@@H](NC(=O)[C@H](CC(=O)O)NC(C)=O)CSSC[C@@H](C(=O)N[C@H](C(=O)O)[C@@H](C)O)NC(=O)[C@H](Cc2c[nH]c3ccccc23)NC(=O)[C@H](C(C)C)NC(=O)[C@H](CC(C)C)NC(=O)[C@H](CCC(=O)O)NC(=O)CNC(=O)[C@H](CC(C)C)NC1=O. The summed E-state index contributed by atoms with van der Waals surface area (Å²) in [5, 5.41) is 73.1. The van der Waals surface area contributed by atoms with Crippen molar-refractivity contribution in [3.05, 3.63) is 72.1 Å². The van der Waals surface area contributed by atoms with Gasteiger partial charge in [0.05, 0.1) is 19.1 Å². The van der Waals surface area contributed by atoms with E-state index in [2.05, 4.69) is 79.1 Å². The summed E-state index contributed by atoms with van der Waals surface area (Å²) < 4.78 is 0. The maximum atomic E-state index is 15.0. The van der Waals surface area contributed by atoms with Crippen LogP contribution in [-0.4, -0.2) is 228 Å². The first-order valence-electron chi connectivity index (χ1n) is 34.9. The van der Waals surface area contributed by atoms with E-state index in [0.717, 1.165) is 42.4 Å². The fraction of sp³-hybridized carbons (Fsp3) is 0.529. The number of fused-ring (bicyclic) bond motifs is 2. The molecule has 13 atom stereocenters. The standard InChI is InChI=1S/C70H97N15O21S2/c1-32(2)21-46-60(95)73-29-54(89)76-45(19-20-55(90)91)61(96)79-47(22-33(3)4)66(101)84-57(34(5)6)69(104)81-50(25-40-28-72-44-18-14-12-16-42(40)44)64(99)83-53(68(103)85-58(37(9)87)70(105)106)31-108-107-30-52(82-65(100)51(26-56(92)93)75-38(10)88)67(102)74-36(8)59(94)77-49(24-39-27-71-43-17-13-11-15-41(39)43)63(98)80-48(23-35(7)86)62(97)78-46/h11-18,27-28,32-34,36-37,45-53,57-58,71-72,87H,19-26,29-31H2,1-10H3,(H,73,95)(H,74,102)(H,75,88)(H,76,89)(H,77,94)(H,78,97)(H,79,96)(H,80,98)(H,81,104)(H,82,100)(H,83,99)(H,84,101)(H,85,103)(H,90,91)(H,92,93)(H,105,106)/t36-,37+,45-,46-,47-,48-,49-,50-,51-,52-,53-,57-,58-/m0/s1. The van der Waals surface area contributed by atoms with Gasteiger partial charge in [-0.25, -0.2) is 4.79 Å². The molecule has 108 heavy (non-hydrogen) atoms. The Morgan fingerprint density at radius 3 is 1.54 bits per heavy atom. The van der Waals surface area contributed by atoms with Crippen LogP contribution in [0.4, 0.5) is 0 Å². The van der Waals surface area contributed by atoms with Gasteiger partial charge in [-0.1, -0.05) is 99.5 Å². The summed E-state index contributed by atoms with van der Waals surface area (Å²) in [5.74, 6) is -21.6. The average Bonchev–Trinajstić information content (AvgIpc) is 1.65. The van der Waals surface area contributed by atoms with Gasteiger partial charge in [0.25, 0.3) is 0 Å². The van der Waals surface area contributed by atoms with Gasteiger partial charge in [0.2, 0.25) is 76.8 Å². The molecule has 1 aliphatic rings. The van der Waals surface area contributed by atoms with E-state index in [1.54, 1.807) is 102 Å². The number of Topliss-reactive ketones (excluding diaryl/α,β-unsaturated/α-hetero) is 1. The Kier molecular flexibility index (Phi) is 34.3. The predicted molar refractivity (Wildman–Crippen MR) is 394 cm³/mol. The number of aliphatic hydroxyl groups is 1. The average molecular weight is 1550 g/mol. The number of carbonyl (C=O) groups excluding carboxylic acids is 14. The van der Waals surface area contributed by atoms with E-state index in [1.807, 2.05) is 0 Å². The molecular formula is C70H97N15O21S2. The van der Waals surface area contributed by atoms with Gasteiger partial charge < -0.3 is 99.5 Å². The molecule has 3 heterocycles. The number of rotatable bonds is 23. The van der Waals surface area contributed by atoms with Gasteiger partial charge in [-0.05, 0) is 81.0 Å². The van der Waals surface area contributed by atoms with Crippen molar-refractivity contribution in [2.45, 2.75) is 199 Å². The van der Waals surface area contributed by atoms with E-state index in [-0.39, 0.29) is 37.5 Å². The van der Waals surface area contributed by atoms with Crippen molar-refractivity contribution in [2.75, 3.05) is 18.1 Å². The molecule has 36 nitrogen and oxygen atoms in total. The van der Waals surface area contributed by atoms with Gasteiger partial charge in [-0.2, -0.15) is 0 Å². The number of aliphatic carboxylic acids is 3. The largest absolute Gasteiger partial charge is 0.481 e. The number of amides is 13. The zero-order valence-electron chi connectivity index (χ0n) is 61.3. The number of carboxylic acids is 3. The number of para-hydroxylation sites is 2. The third kappa shape index (κ3) is 27.9. The second kappa shape index (κ2) is 42.1. The number of ketones is 1. The van der Waals surface area contributed by atoms with Crippen LogP contribution in [0.25, 0.3) is 21.8 Å². The number of benzene rings is 2. The molecule has 2 aromatic carbocycles. The Labute approximate surface area is 629 Å². The lowest BCUT2D eigenvalue weighted by Crippen LogP contribution is -2.61. The highest BCUT2D eigenvalue weighted by Gasteiger charge is 2.39. The van der Waals surface area contributed by atoms with Crippen molar-refractivity contribution in [3.8, 4) is 0 Å². The first-order valence-corrected chi connectivity index (χ1v) is 37.4. The summed E-state index contributed by atoms with van der Waals surface area (Å²) in [6, 6.07) is -6.53. The number of hydrogen-bond acceptors (Lipinski definition) is 20. The van der Waals surface area contributed by atoms with Crippen molar-refractivity contribution >= 4 is 144 Å². The molecule has 5 rings (SSSR count). The first kappa shape index (κ1) is 88.0. The zero-order valence-corrected chi connectivity index (χ0v) is 63.0. The molecule has 13 amide bonds. The summed E-state index contributed by atoms with van der Waals surface area (Å²) in [5.41, 5.74) is 2.10. The third-order valence-corrected chi connectivity index (χ3v) is 19.3. The fourth-order valence-corrected chi connectivity index (χ4v) is 13.7. The highest BCUT2D eigenvalue weighted by Crippen LogP contribution is 2.26. The quantitative estimate of drug-likeness (QED) is 0.0369. The topological polar surface area (TPSA) is 559 Å². The van der Waals surface area contributed by atoms with Crippen molar-refractivity contribution in [3.63, 3.8) is 0 Å². The van der Waals surface area contributed by atoms with Crippen molar-refractivity contribution in [1.29, 1.82) is 0 Å². The molecule has 0 spiro atoms. The molecule has 38 heteroatoms. The van der Waals surface area contributed by atoms with Crippen LogP contribution in [0.2, 0.25) is 0 Å². The molecule has 2 aromatic heterocycles. The Morgan fingerprint density at radius 2 is 1.03 bits per heavy atom. The van der Waals surface area contributed by atoms with Crippen LogP contribution in [0, 0.1) is 17.8 Å². The van der Waals surface area contributed by atoms with Gasteiger partial charge in [-0.15, -0.1) is 0 Å². The fourth-order valence-electron chi connectivity index (χ4n) is 11.4. The number of hydrogen-bond donors (Lipinski definition) is 19. The van der Waals surface area contributed by atoms with E-state index >= 15 is 4.79 Å². The minimum Gasteiger partial charge on any atom is -0.481 e. The number of carboxylic acid groups (broad SMARTS) is 3. The van der Waals surface area contributed by atoms with Crippen LogP contribution in [-0.2, 0) is 94.3 Å². The van der Waals surface area contributed by atoms with Gasteiger partial charge in [0.15, 0.2) is 6.04 Å². The highest BCUT2D eigenvalue weighted by atomic mass is 33.1. The molecule has 0 bridgehead atoms. The van der Waals surface area contributed by atoms with Crippen molar-refractivity contribution in [2.24, 2.45) is 17.8 Å². The monoisotopic (exact) mass is 1550 g/mol. The van der Waals surface area contributed by atoms with Crippen LogP contribution in [0.15, 0.2) is 60.9 Å². The summed E-state index contributed by atoms with van der Waals surface area (Å²) in [6.07, 6.45) is -2.41. The minimum absolute atomic E-state index is 0.104. The smallest absolute Gasteiger partial charge is 0.328 e. The predicted octanol–water partition coefficient (Wildman–Crippen LogP) is -1.66. The van der Waals surface area contributed by atoms with E-state index < -0.39 is 229 Å². The molecule has 4 aromatic rings. The second-order valence-electron chi connectivity index (χ2n) is 27.4.